The molecule has 0 radical (unpaired) electrons. The van der Waals surface area contributed by atoms with Crippen molar-refractivity contribution in [3.8, 4) is 0 Å². The molecule has 1 heteroatoms. The first-order valence-electron chi connectivity index (χ1n) is 4.99. The maximum absolute atomic E-state index is 5.72. The number of benzene rings is 1. The van der Waals surface area contributed by atoms with Crippen molar-refractivity contribution in [1.29, 1.82) is 0 Å². The zero-order valence-corrected chi connectivity index (χ0v) is 8.79. The van der Waals surface area contributed by atoms with Crippen molar-refractivity contribution >= 4 is 0 Å². The van der Waals surface area contributed by atoms with Gasteiger partial charge in [0.05, 0.1) is 12.2 Å². The Morgan fingerprint density at radius 2 is 2.07 bits per heavy atom. The molecule has 1 fully saturated rings. The van der Waals surface area contributed by atoms with Crippen LogP contribution in [0.2, 0.25) is 0 Å². The van der Waals surface area contributed by atoms with Gasteiger partial charge in [-0.1, -0.05) is 42.5 Å². The molecule has 0 unspecified atom stereocenters. The van der Waals surface area contributed by atoms with Crippen LogP contribution in [-0.4, -0.2) is 6.61 Å². The number of rotatable bonds is 2. The van der Waals surface area contributed by atoms with E-state index in [1.165, 1.54) is 11.1 Å². The summed E-state index contributed by atoms with van der Waals surface area (Å²) in [5.74, 6) is 0.463. The molecule has 0 aliphatic carbocycles. The van der Waals surface area contributed by atoms with Gasteiger partial charge in [0.2, 0.25) is 0 Å². The van der Waals surface area contributed by atoms with Crippen LogP contribution in [0.25, 0.3) is 0 Å². The molecule has 1 nitrogen and oxygen atoms in total. The molecule has 0 aromatic heterocycles. The van der Waals surface area contributed by atoms with E-state index in [0.717, 1.165) is 6.61 Å². The predicted octanol–water partition coefficient (Wildman–Crippen LogP) is 3.12. The molecule has 0 N–H and O–H groups in total. The van der Waals surface area contributed by atoms with Gasteiger partial charge in [0.1, 0.15) is 0 Å². The molecule has 14 heavy (non-hydrogen) atoms. The molecular weight excluding hydrogens is 172 g/mol. The largest absolute Gasteiger partial charge is 0.369 e. The highest BCUT2D eigenvalue weighted by molar-refractivity contribution is 5.28. The molecule has 1 aromatic carbocycles. The van der Waals surface area contributed by atoms with Crippen molar-refractivity contribution in [2.24, 2.45) is 5.92 Å². The normalized spacial score (nSPS) is 30.9. The molecule has 0 saturated carbocycles. The lowest BCUT2D eigenvalue weighted by molar-refractivity contribution is -0.185. The Labute approximate surface area is 85.4 Å². The average Bonchev–Trinajstić information content (AvgIpc) is 2.15. The maximum Gasteiger partial charge on any atom is 0.0990 e. The van der Waals surface area contributed by atoms with E-state index >= 15 is 0 Å². The highest BCUT2D eigenvalue weighted by Gasteiger charge is 2.45. The van der Waals surface area contributed by atoms with Gasteiger partial charge in [-0.15, -0.1) is 0 Å². The van der Waals surface area contributed by atoms with Crippen LogP contribution in [0.5, 0.6) is 0 Å². The van der Waals surface area contributed by atoms with E-state index in [1.54, 1.807) is 0 Å². The van der Waals surface area contributed by atoms with Gasteiger partial charge in [-0.3, -0.25) is 0 Å². The minimum Gasteiger partial charge on any atom is -0.369 e. The van der Waals surface area contributed by atoms with E-state index < -0.39 is 0 Å². The second-order valence-corrected chi connectivity index (χ2v) is 4.18. The van der Waals surface area contributed by atoms with E-state index in [2.05, 4.69) is 44.7 Å². The van der Waals surface area contributed by atoms with Gasteiger partial charge in [0, 0.05) is 5.92 Å². The highest BCUT2D eigenvalue weighted by Crippen LogP contribution is 2.45. The predicted molar refractivity (Wildman–Crippen MR) is 58.1 cm³/mol. The van der Waals surface area contributed by atoms with Gasteiger partial charge in [-0.25, -0.2) is 0 Å². The van der Waals surface area contributed by atoms with Crippen LogP contribution in [0.3, 0.4) is 0 Å². The Hall–Kier alpha value is -1.08. The van der Waals surface area contributed by atoms with Crippen LogP contribution in [0, 0.1) is 5.92 Å². The second kappa shape index (κ2) is 3.25. The lowest BCUT2D eigenvalue weighted by Gasteiger charge is -2.48. The summed E-state index contributed by atoms with van der Waals surface area (Å²) in [7, 11) is 0. The van der Waals surface area contributed by atoms with Crippen LogP contribution in [-0.2, 0) is 10.3 Å². The Kier molecular flexibility index (Phi) is 2.20. The second-order valence-electron chi connectivity index (χ2n) is 4.18. The third-order valence-corrected chi connectivity index (χ3v) is 3.16. The third kappa shape index (κ3) is 1.28. The quantitative estimate of drug-likeness (QED) is 0.648. The van der Waals surface area contributed by atoms with Gasteiger partial charge < -0.3 is 4.74 Å². The van der Waals surface area contributed by atoms with Crippen molar-refractivity contribution in [3.05, 3.63) is 48.0 Å². The molecule has 2 rings (SSSR count). The van der Waals surface area contributed by atoms with Gasteiger partial charge in [0.15, 0.2) is 0 Å². The Balaban J connectivity index is 2.30. The lowest BCUT2D eigenvalue weighted by Crippen LogP contribution is -2.48. The summed E-state index contributed by atoms with van der Waals surface area (Å²) < 4.78 is 5.72. The van der Waals surface area contributed by atoms with Crippen LogP contribution >= 0.6 is 0 Å². The lowest BCUT2D eigenvalue weighted by atomic mass is 9.75. The smallest absolute Gasteiger partial charge is 0.0990 e. The summed E-state index contributed by atoms with van der Waals surface area (Å²) in [6.45, 7) is 9.05. The van der Waals surface area contributed by atoms with Crippen molar-refractivity contribution in [2.45, 2.75) is 19.4 Å². The zero-order valence-electron chi connectivity index (χ0n) is 8.79. The average molecular weight is 188 g/mol. The van der Waals surface area contributed by atoms with Gasteiger partial charge in [0.25, 0.3) is 0 Å². The number of hydrogen-bond donors (Lipinski definition) is 0. The van der Waals surface area contributed by atoms with E-state index in [1.807, 2.05) is 6.07 Å². The van der Waals surface area contributed by atoms with E-state index in [-0.39, 0.29) is 5.60 Å². The molecule has 1 aromatic rings. The van der Waals surface area contributed by atoms with E-state index in [0.29, 0.717) is 5.92 Å². The van der Waals surface area contributed by atoms with Gasteiger partial charge in [-0.2, -0.15) is 0 Å². The fraction of sp³-hybridized carbons (Fsp3) is 0.385. The first-order chi connectivity index (χ1) is 6.64. The summed E-state index contributed by atoms with van der Waals surface area (Å²) in [5, 5.41) is 0. The first-order valence-corrected chi connectivity index (χ1v) is 4.99. The summed E-state index contributed by atoms with van der Waals surface area (Å²) >= 11 is 0. The Morgan fingerprint density at radius 3 is 2.50 bits per heavy atom. The Morgan fingerprint density at radius 1 is 1.43 bits per heavy atom. The van der Waals surface area contributed by atoms with Crippen LogP contribution in [0.1, 0.15) is 19.4 Å². The van der Waals surface area contributed by atoms with Gasteiger partial charge in [-0.05, 0) is 19.4 Å². The van der Waals surface area contributed by atoms with Crippen molar-refractivity contribution in [2.75, 3.05) is 6.61 Å². The molecule has 74 valence electrons. The Bertz CT molecular complexity index is 342. The standard InChI is InChI=1S/C13H16O/c1-10(2)12-9-14-13(12,3)11-7-5-4-6-8-11/h4-8,12H,1,9H2,2-3H3/t12-,13-/m0/s1. The van der Waals surface area contributed by atoms with E-state index in [4.69, 9.17) is 4.74 Å². The molecule has 1 heterocycles. The number of ether oxygens (including phenoxy) is 1. The molecule has 0 spiro atoms. The minimum atomic E-state index is -0.146. The third-order valence-electron chi connectivity index (χ3n) is 3.16. The fourth-order valence-corrected chi connectivity index (χ4v) is 2.08. The molecule has 1 aliphatic heterocycles. The van der Waals surface area contributed by atoms with E-state index in [9.17, 15) is 0 Å². The molecule has 2 atom stereocenters. The SMILES string of the molecule is C=C(C)[C@@H]1CO[C@@]1(C)c1ccccc1. The summed E-state index contributed by atoms with van der Waals surface area (Å²) in [5.41, 5.74) is 2.31. The summed E-state index contributed by atoms with van der Waals surface area (Å²) in [6.07, 6.45) is 0. The van der Waals surface area contributed by atoms with Crippen molar-refractivity contribution in [1.82, 2.24) is 0 Å². The molecular formula is C13H16O. The number of hydrogen-bond acceptors (Lipinski definition) is 1. The fourth-order valence-electron chi connectivity index (χ4n) is 2.08. The maximum atomic E-state index is 5.72. The summed E-state index contributed by atoms with van der Waals surface area (Å²) in [6, 6.07) is 10.4. The zero-order chi connectivity index (χ0) is 10.2. The molecule has 1 saturated heterocycles. The van der Waals surface area contributed by atoms with Crippen LogP contribution < -0.4 is 0 Å². The molecule has 0 amide bonds. The summed E-state index contributed by atoms with van der Waals surface area (Å²) in [4.78, 5) is 0. The minimum absolute atomic E-state index is 0.146. The monoisotopic (exact) mass is 188 g/mol. The molecule has 1 aliphatic rings. The van der Waals surface area contributed by atoms with Crippen molar-refractivity contribution in [3.63, 3.8) is 0 Å². The topological polar surface area (TPSA) is 9.23 Å². The highest BCUT2D eigenvalue weighted by atomic mass is 16.5. The van der Waals surface area contributed by atoms with Crippen molar-refractivity contribution < 1.29 is 4.74 Å². The van der Waals surface area contributed by atoms with Crippen LogP contribution in [0.4, 0.5) is 0 Å². The molecule has 0 bridgehead atoms. The van der Waals surface area contributed by atoms with Crippen LogP contribution in [0.15, 0.2) is 42.5 Å². The van der Waals surface area contributed by atoms with Gasteiger partial charge >= 0.3 is 0 Å². The first kappa shape index (κ1) is 9.47.